The van der Waals surface area contributed by atoms with Crippen molar-refractivity contribution in [3.63, 3.8) is 0 Å². The summed E-state index contributed by atoms with van der Waals surface area (Å²) in [5.41, 5.74) is -1.49. The summed E-state index contributed by atoms with van der Waals surface area (Å²) in [5.74, 6) is -2.72. The summed E-state index contributed by atoms with van der Waals surface area (Å²) >= 11 is 0. The Morgan fingerprint density at radius 2 is 1.28 bits per heavy atom. The molecule has 0 heterocycles. The summed E-state index contributed by atoms with van der Waals surface area (Å²) in [7, 11) is 0. The fraction of sp³-hybridized carbons (Fsp3) is 1.00. The van der Waals surface area contributed by atoms with Gasteiger partial charge in [0, 0.05) is 11.8 Å². The first-order valence-corrected chi connectivity index (χ1v) is 9.53. The highest BCUT2D eigenvalue weighted by molar-refractivity contribution is 4.86. The molecule has 0 aromatic heterocycles. The van der Waals surface area contributed by atoms with Gasteiger partial charge in [0.25, 0.3) is 5.92 Å². The molecule has 0 aliphatic carbocycles. The van der Waals surface area contributed by atoms with E-state index in [1.165, 1.54) is 0 Å². The smallest absolute Gasteiger partial charge is 0.255 e. The Hall–Kier alpha value is -0.220. The van der Waals surface area contributed by atoms with E-state index < -0.39 is 11.3 Å². The summed E-state index contributed by atoms with van der Waals surface area (Å²) < 4.78 is 40.4. The maximum atomic E-state index is 14.3. The van der Waals surface area contributed by atoms with Gasteiger partial charge in [-0.05, 0) is 32.6 Å². The Morgan fingerprint density at radius 3 is 1.68 bits per heavy atom. The molecule has 0 N–H and O–H groups in total. The molecule has 0 saturated carbocycles. The van der Waals surface area contributed by atoms with Crippen LogP contribution in [-0.2, 0) is 9.47 Å². The van der Waals surface area contributed by atoms with E-state index in [-0.39, 0.29) is 29.5 Å². The Kier molecular flexibility index (Phi) is 8.57. The van der Waals surface area contributed by atoms with Crippen LogP contribution in [0.3, 0.4) is 0 Å². The molecule has 0 aromatic rings. The van der Waals surface area contributed by atoms with Crippen LogP contribution in [0.15, 0.2) is 0 Å². The molecular formula is C21H42F2O2. The average Bonchev–Trinajstić information content (AvgIpc) is 2.33. The third kappa shape index (κ3) is 9.89. The number of ether oxygens (including phenoxy) is 2. The molecule has 2 nitrogen and oxygen atoms in total. The second kappa shape index (κ2) is 8.65. The highest BCUT2D eigenvalue weighted by Gasteiger charge is 2.46. The van der Waals surface area contributed by atoms with Crippen LogP contribution in [0.4, 0.5) is 8.78 Å². The molecule has 0 aliphatic heterocycles. The van der Waals surface area contributed by atoms with Crippen molar-refractivity contribution in [3.05, 3.63) is 0 Å². The second-order valence-electron chi connectivity index (χ2n) is 10.8. The van der Waals surface area contributed by atoms with Crippen LogP contribution >= 0.6 is 0 Å². The Bertz CT molecular complexity index is 392. The van der Waals surface area contributed by atoms with Gasteiger partial charge in [-0.2, -0.15) is 0 Å². The molecule has 0 spiro atoms. The van der Waals surface area contributed by atoms with Gasteiger partial charge in [0.1, 0.15) is 0 Å². The minimum atomic E-state index is -2.72. The number of hydrogen-bond donors (Lipinski definition) is 0. The summed E-state index contributed by atoms with van der Waals surface area (Å²) in [6, 6.07) is 0. The van der Waals surface area contributed by atoms with E-state index >= 15 is 0 Å². The first-order chi connectivity index (χ1) is 10.9. The van der Waals surface area contributed by atoms with Crippen LogP contribution in [0.25, 0.3) is 0 Å². The van der Waals surface area contributed by atoms with Crippen molar-refractivity contribution in [2.75, 3.05) is 19.8 Å². The van der Waals surface area contributed by atoms with E-state index in [9.17, 15) is 8.78 Å². The lowest BCUT2D eigenvalue weighted by Crippen LogP contribution is -2.42. The van der Waals surface area contributed by atoms with Crippen molar-refractivity contribution in [2.45, 2.75) is 100 Å². The van der Waals surface area contributed by atoms with Crippen molar-refractivity contribution in [1.29, 1.82) is 0 Å². The first-order valence-electron chi connectivity index (χ1n) is 9.53. The van der Waals surface area contributed by atoms with E-state index in [4.69, 9.17) is 9.47 Å². The molecule has 0 amide bonds. The molecule has 0 aromatic carbocycles. The van der Waals surface area contributed by atoms with Gasteiger partial charge >= 0.3 is 0 Å². The fourth-order valence-electron chi connectivity index (χ4n) is 3.13. The minimum Gasteiger partial charge on any atom is -0.380 e. The van der Waals surface area contributed by atoms with E-state index in [2.05, 4.69) is 27.7 Å². The molecule has 1 atom stereocenters. The molecule has 0 aliphatic rings. The maximum Gasteiger partial charge on any atom is 0.255 e. The largest absolute Gasteiger partial charge is 0.380 e. The zero-order chi connectivity index (χ0) is 20.2. The predicted octanol–water partition coefficient (Wildman–Crippen LogP) is 6.72. The molecule has 4 heteroatoms. The van der Waals surface area contributed by atoms with Crippen LogP contribution < -0.4 is 0 Å². The van der Waals surface area contributed by atoms with Crippen LogP contribution in [0.2, 0.25) is 0 Å². The molecule has 0 fully saturated rings. The van der Waals surface area contributed by atoms with Crippen LogP contribution in [-0.4, -0.2) is 31.3 Å². The molecule has 0 saturated heterocycles. The molecule has 0 bridgehead atoms. The van der Waals surface area contributed by atoms with Gasteiger partial charge in [0.2, 0.25) is 0 Å². The van der Waals surface area contributed by atoms with Gasteiger partial charge < -0.3 is 9.47 Å². The van der Waals surface area contributed by atoms with Crippen LogP contribution in [0, 0.1) is 16.2 Å². The summed E-state index contributed by atoms with van der Waals surface area (Å²) in [6.07, 6.45) is 1.27. The van der Waals surface area contributed by atoms with Gasteiger partial charge in [-0.15, -0.1) is 0 Å². The minimum absolute atomic E-state index is 0.0508. The molecule has 0 radical (unpaired) electrons. The standard InChI is InChI=1S/C21H42F2O2/c1-11-12-21(22,23)19(8,9)14-24-15-20(10,13-17(2,3)4)16-25-18(5,6)7/h11-16H2,1-10H3. The topological polar surface area (TPSA) is 18.5 Å². The number of hydrogen-bond acceptors (Lipinski definition) is 2. The van der Waals surface area contributed by atoms with Crippen molar-refractivity contribution in [1.82, 2.24) is 0 Å². The van der Waals surface area contributed by atoms with Gasteiger partial charge in [0.05, 0.1) is 30.8 Å². The van der Waals surface area contributed by atoms with Gasteiger partial charge in [0.15, 0.2) is 0 Å². The molecule has 1 unspecified atom stereocenters. The Labute approximate surface area is 155 Å². The highest BCUT2D eigenvalue weighted by atomic mass is 19.3. The highest BCUT2D eigenvalue weighted by Crippen LogP contribution is 2.41. The van der Waals surface area contributed by atoms with E-state index in [0.29, 0.717) is 19.6 Å². The summed E-state index contributed by atoms with van der Waals surface area (Å²) in [5, 5.41) is 0. The van der Waals surface area contributed by atoms with Crippen molar-refractivity contribution in [3.8, 4) is 0 Å². The molecule has 152 valence electrons. The fourth-order valence-corrected chi connectivity index (χ4v) is 3.13. The van der Waals surface area contributed by atoms with Crippen molar-refractivity contribution in [2.24, 2.45) is 16.2 Å². The molecule has 25 heavy (non-hydrogen) atoms. The first kappa shape index (κ1) is 24.8. The molecule has 0 rings (SSSR count). The quantitative estimate of drug-likeness (QED) is 0.428. The average molecular weight is 365 g/mol. The number of rotatable bonds is 10. The zero-order valence-electron chi connectivity index (χ0n) is 18.3. The van der Waals surface area contributed by atoms with Crippen molar-refractivity contribution < 1.29 is 18.3 Å². The van der Waals surface area contributed by atoms with Crippen molar-refractivity contribution >= 4 is 0 Å². The normalized spacial score (nSPS) is 16.8. The summed E-state index contributed by atoms with van der Waals surface area (Å²) in [4.78, 5) is 0. The maximum absolute atomic E-state index is 14.3. The monoisotopic (exact) mass is 364 g/mol. The van der Waals surface area contributed by atoms with Crippen LogP contribution in [0.1, 0.15) is 88.5 Å². The number of alkyl halides is 2. The lowest BCUT2D eigenvalue weighted by atomic mass is 9.75. The van der Waals surface area contributed by atoms with E-state index in [1.807, 2.05) is 20.8 Å². The van der Waals surface area contributed by atoms with Gasteiger partial charge in [-0.3, -0.25) is 0 Å². The van der Waals surface area contributed by atoms with Gasteiger partial charge in [-0.1, -0.05) is 54.9 Å². The second-order valence-corrected chi connectivity index (χ2v) is 10.8. The number of halogens is 2. The third-order valence-electron chi connectivity index (χ3n) is 4.28. The SMILES string of the molecule is CCCC(F)(F)C(C)(C)COCC(C)(COC(C)(C)C)CC(C)(C)C. The van der Waals surface area contributed by atoms with E-state index in [0.717, 1.165) is 6.42 Å². The Balaban J connectivity index is 4.92. The summed E-state index contributed by atoms with van der Waals surface area (Å²) in [6.45, 7) is 20.8. The lowest BCUT2D eigenvalue weighted by molar-refractivity contribution is -0.154. The Morgan fingerprint density at radius 1 is 0.760 bits per heavy atom. The van der Waals surface area contributed by atoms with Gasteiger partial charge in [-0.25, -0.2) is 8.78 Å². The third-order valence-corrected chi connectivity index (χ3v) is 4.28. The zero-order valence-corrected chi connectivity index (χ0v) is 18.3. The predicted molar refractivity (Wildman–Crippen MR) is 102 cm³/mol. The molecular weight excluding hydrogens is 322 g/mol. The van der Waals surface area contributed by atoms with E-state index in [1.54, 1.807) is 20.8 Å². The lowest BCUT2D eigenvalue weighted by Gasteiger charge is -2.39. The van der Waals surface area contributed by atoms with Crippen LogP contribution in [0.5, 0.6) is 0 Å².